The van der Waals surface area contributed by atoms with Gasteiger partial charge < -0.3 is 10.1 Å². The highest BCUT2D eigenvalue weighted by molar-refractivity contribution is 7.91. The molecule has 138 valence electrons. The van der Waals surface area contributed by atoms with Gasteiger partial charge in [-0.1, -0.05) is 37.0 Å². The molecule has 0 spiro atoms. The van der Waals surface area contributed by atoms with Gasteiger partial charge in [-0.05, 0) is 31.9 Å². The lowest BCUT2D eigenvalue weighted by molar-refractivity contribution is -0.148. The number of aryl methyl sites for hydroxylation is 1. The second kappa shape index (κ2) is 8.99. The van der Waals surface area contributed by atoms with E-state index in [0.717, 1.165) is 31.2 Å². The van der Waals surface area contributed by atoms with Crippen LogP contribution < -0.4 is 5.32 Å². The van der Waals surface area contributed by atoms with E-state index in [2.05, 4.69) is 5.32 Å². The standard InChI is InChI=1S/C18H25NO5S/c1-14-7-9-16(10-8-14)25(22,23)12-11-18(21)24-13-17(20)19-15-5-3-2-4-6-15/h7-10,15H,2-6,11-13H2,1H3,(H,19,20). The smallest absolute Gasteiger partial charge is 0.307 e. The zero-order chi connectivity index (χ0) is 18.3. The normalized spacial score (nSPS) is 15.6. The topological polar surface area (TPSA) is 89.5 Å². The van der Waals surface area contributed by atoms with Gasteiger partial charge in [-0.2, -0.15) is 0 Å². The van der Waals surface area contributed by atoms with Crippen LogP contribution in [0.5, 0.6) is 0 Å². The van der Waals surface area contributed by atoms with E-state index in [1.807, 2.05) is 6.92 Å². The summed E-state index contributed by atoms with van der Waals surface area (Å²) in [4.78, 5) is 23.7. The Morgan fingerprint density at radius 3 is 2.40 bits per heavy atom. The summed E-state index contributed by atoms with van der Waals surface area (Å²) < 4.78 is 29.2. The minimum absolute atomic E-state index is 0.155. The number of hydrogen-bond acceptors (Lipinski definition) is 5. The molecule has 0 bridgehead atoms. The monoisotopic (exact) mass is 367 g/mol. The van der Waals surface area contributed by atoms with Crippen LogP contribution in [-0.2, 0) is 24.2 Å². The molecule has 1 amide bonds. The number of esters is 1. The molecule has 1 fully saturated rings. The van der Waals surface area contributed by atoms with Gasteiger partial charge in [0.2, 0.25) is 0 Å². The molecule has 0 radical (unpaired) electrons. The number of ether oxygens (including phenoxy) is 1. The van der Waals surface area contributed by atoms with Crippen molar-refractivity contribution in [3.63, 3.8) is 0 Å². The molecular weight excluding hydrogens is 342 g/mol. The third-order valence-electron chi connectivity index (χ3n) is 4.29. The number of sulfone groups is 1. The van der Waals surface area contributed by atoms with Gasteiger partial charge in [0, 0.05) is 6.04 Å². The third kappa shape index (κ3) is 6.49. The molecule has 0 heterocycles. The van der Waals surface area contributed by atoms with Crippen molar-refractivity contribution in [2.45, 2.75) is 56.4 Å². The fourth-order valence-electron chi connectivity index (χ4n) is 2.82. The predicted molar refractivity (Wildman–Crippen MR) is 93.8 cm³/mol. The van der Waals surface area contributed by atoms with E-state index < -0.39 is 15.8 Å². The first-order valence-corrected chi connectivity index (χ1v) is 10.3. The molecule has 1 aromatic carbocycles. The van der Waals surface area contributed by atoms with Crippen molar-refractivity contribution in [1.29, 1.82) is 0 Å². The van der Waals surface area contributed by atoms with Crippen molar-refractivity contribution < 1.29 is 22.7 Å². The Kier molecular flexibility index (Phi) is 6.99. The summed E-state index contributed by atoms with van der Waals surface area (Å²) >= 11 is 0. The Hall–Kier alpha value is -1.89. The van der Waals surface area contributed by atoms with E-state index in [-0.39, 0.29) is 35.6 Å². The summed E-state index contributed by atoms with van der Waals surface area (Å²) in [6.45, 7) is 1.51. The number of rotatable bonds is 7. The van der Waals surface area contributed by atoms with Crippen molar-refractivity contribution >= 4 is 21.7 Å². The van der Waals surface area contributed by atoms with Crippen LogP contribution in [-0.4, -0.2) is 38.7 Å². The number of hydrogen-bond donors (Lipinski definition) is 1. The first-order chi connectivity index (χ1) is 11.9. The third-order valence-corrected chi connectivity index (χ3v) is 6.02. The van der Waals surface area contributed by atoms with Gasteiger partial charge in [0.1, 0.15) is 0 Å². The molecule has 0 atom stereocenters. The highest BCUT2D eigenvalue weighted by atomic mass is 32.2. The summed E-state index contributed by atoms with van der Waals surface area (Å²) in [6, 6.07) is 6.62. The summed E-state index contributed by atoms with van der Waals surface area (Å²) in [5.74, 6) is -1.35. The maximum Gasteiger partial charge on any atom is 0.307 e. The Morgan fingerprint density at radius 2 is 1.76 bits per heavy atom. The summed E-state index contributed by atoms with van der Waals surface area (Å²) in [5.41, 5.74) is 0.960. The first kappa shape index (κ1) is 19.4. The quantitative estimate of drug-likeness (QED) is 0.746. The van der Waals surface area contributed by atoms with Crippen molar-refractivity contribution in [2.75, 3.05) is 12.4 Å². The predicted octanol–water partition coefficient (Wildman–Crippen LogP) is 2.15. The Labute approximate surface area is 148 Å². The molecular formula is C18H25NO5S. The first-order valence-electron chi connectivity index (χ1n) is 8.61. The van der Waals surface area contributed by atoms with E-state index in [9.17, 15) is 18.0 Å². The van der Waals surface area contributed by atoms with Crippen LogP contribution in [0.25, 0.3) is 0 Å². The van der Waals surface area contributed by atoms with E-state index in [1.54, 1.807) is 12.1 Å². The highest BCUT2D eigenvalue weighted by Gasteiger charge is 2.19. The van der Waals surface area contributed by atoms with Crippen LogP contribution in [0.15, 0.2) is 29.2 Å². The van der Waals surface area contributed by atoms with Crippen LogP contribution in [0.3, 0.4) is 0 Å². The molecule has 1 N–H and O–H groups in total. The number of carbonyl (C=O) groups excluding carboxylic acids is 2. The van der Waals surface area contributed by atoms with Gasteiger partial charge in [0.25, 0.3) is 5.91 Å². The lowest BCUT2D eigenvalue weighted by atomic mass is 9.95. The molecule has 0 saturated heterocycles. The molecule has 1 aromatic rings. The molecule has 2 rings (SSSR count). The summed E-state index contributed by atoms with van der Waals surface area (Å²) in [5, 5.41) is 2.84. The lowest BCUT2D eigenvalue weighted by Crippen LogP contribution is -2.38. The number of nitrogens with one attached hydrogen (secondary N) is 1. The molecule has 0 aliphatic heterocycles. The van der Waals surface area contributed by atoms with E-state index in [0.29, 0.717) is 0 Å². The van der Waals surface area contributed by atoms with E-state index in [4.69, 9.17) is 4.74 Å². The number of amides is 1. The maximum absolute atomic E-state index is 12.2. The average molecular weight is 367 g/mol. The zero-order valence-corrected chi connectivity index (χ0v) is 15.3. The number of carbonyl (C=O) groups is 2. The summed E-state index contributed by atoms with van der Waals surface area (Å²) in [6.07, 6.45) is 5.02. The van der Waals surface area contributed by atoms with Crippen molar-refractivity contribution in [1.82, 2.24) is 5.32 Å². The molecule has 7 heteroatoms. The Bertz CT molecular complexity index is 691. The Balaban J connectivity index is 1.72. The zero-order valence-electron chi connectivity index (χ0n) is 14.5. The van der Waals surface area contributed by atoms with Crippen LogP contribution >= 0.6 is 0 Å². The van der Waals surface area contributed by atoms with Crippen LogP contribution in [0, 0.1) is 6.92 Å². The van der Waals surface area contributed by atoms with Crippen molar-refractivity contribution in [3.8, 4) is 0 Å². The lowest BCUT2D eigenvalue weighted by Gasteiger charge is -2.22. The molecule has 25 heavy (non-hydrogen) atoms. The van der Waals surface area contributed by atoms with Gasteiger partial charge in [-0.25, -0.2) is 8.42 Å². The van der Waals surface area contributed by atoms with E-state index in [1.165, 1.54) is 18.6 Å². The molecule has 1 aliphatic carbocycles. The van der Waals surface area contributed by atoms with Gasteiger partial charge >= 0.3 is 5.97 Å². The van der Waals surface area contributed by atoms with Crippen LogP contribution in [0.2, 0.25) is 0 Å². The Morgan fingerprint density at radius 1 is 1.12 bits per heavy atom. The second-order valence-corrected chi connectivity index (χ2v) is 8.55. The highest BCUT2D eigenvalue weighted by Crippen LogP contribution is 2.17. The van der Waals surface area contributed by atoms with Gasteiger partial charge in [-0.15, -0.1) is 0 Å². The summed E-state index contributed by atoms with van der Waals surface area (Å²) in [7, 11) is -3.53. The fraction of sp³-hybridized carbons (Fsp3) is 0.556. The SMILES string of the molecule is Cc1ccc(S(=O)(=O)CCC(=O)OCC(=O)NC2CCCCC2)cc1. The molecule has 1 aliphatic rings. The van der Waals surface area contributed by atoms with Crippen molar-refractivity contribution in [3.05, 3.63) is 29.8 Å². The molecule has 0 unspecified atom stereocenters. The molecule has 6 nitrogen and oxygen atoms in total. The molecule has 0 aromatic heterocycles. The maximum atomic E-state index is 12.2. The number of benzene rings is 1. The largest absolute Gasteiger partial charge is 0.456 e. The minimum Gasteiger partial charge on any atom is -0.456 e. The van der Waals surface area contributed by atoms with Crippen LogP contribution in [0.1, 0.15) is 44.1 Å². The van der Waals surface area contributed by atoms with Gasteiger partial charge in [0.05, 0.1) is 17.1 Å². The van der Waals surface area contributed by atoms with Crippen molar-refractivity contribution in [2.24, 2.45) is 0 Å². The van der Waals surface area contributed by atoms with Gasteiger partial charge in [-0.3, -0.25) is 9.59 Å². The minimum atomic E-state index is -3.53. The fourth-order valence-corrected chi connectivity index (χ4v) is 4.04. The molecule has 1 saturated carbocycles. The average Bonchev–Trinajstić information content (AvgIpc) is 2.59. The van der Waals surface area contributed by atoms with Gasteiger partial charge in [0.15, 0.2) is 16.4 Å². The second-order valence-electron chi connectivity index (χ2n) is 6.45. The van der Waals surface area contributed by atoms with Crippen LogP contribution in [0.4, 0.5) is 0 Å². The van der Waals surface area contributed by atoms with E-state index >= 15 is 0 Å².